The number of carbonyl (C=O) groups is 1. The largest absolute Gasteiger partial charge is 0.324 e. The van der Waals surface area contributed by atoms with Gasteiger partial charge in [-0.3, -0.25) is 4.79 Å². The molecule has 0 radical (unpaired) electrons. The van der Waals surface area contributed by atoms with E-state index in [0.29, 0.717) is 12.2 Å². The fraction of sp³-hybridized carbons (Fsp3) is 0.211. The lowest BCUT2D eigenvalue weighted by atomic mass is 10.00. The first kappa shape index (κ1) is 16.7. The molecule has 0 fully saturated rings. The molecule has 1 heterocycles. The summed E-state index contributed by atoms with van der Waals surface area (Å²) in [6.07, 6.45) is 3.15. The maximum Gasteiger partial charge on any atom is 0.279 e. The molecule has 3 rings (SSSR count). The van der Waals surface area contributed by atoms with E-state index in [2.05, 4.69) is 23.5 Å². The molecule has 0 saturated carbocycles. The van der Waals surface area contributed by atoms with Crippen molar-refractivity contribution in [2.75, 3.05) is 25.0 Å². The summed E-state index contributed by atoms with van der Waals surface area (Å²) in [6, 6.07) is 14.3. The molecule has 3 nitrogen and oxygen atoms in total. The second kappa shape index (κ2) is 7.60. The van der Waals surface area contributed by atoms with Gasteiger partial charge in [0.15, 0.2) is 6.54 Å². The Labute approximate surface area is 145 Å². The SMILES string of the molecule is O=C(C[NH+]1CC=C(c2ccccc2)CC1)Nc1ccc(F)cc1Cl. The highest BCUT2D eigenvalue weighted by Gasteiger charge is 2.19. The lowest BCUT2D eigenvalue weighted by Crippen LogP contribution is -3.13. The van der Waals surface area contributed by atoms with Crippen LogP contribution in [0.25, 0.3) is 5.57 Å². The molecule has 0 spiro atoms. The smallest absolute Gasteiger partial charge is 0.279 e. The Hall–Kier alpha value is -2.17. The van der Waals surface area contributed by atoms with Crippen molar-refractivity contribution in [3.8, 4) is 0 Å². The zero-order valence-electron chi connectivity index (χ0n) is 13.2. The van der Waals surface area contributed by atoms with Gasteiger partial charge in [0.1, 0.15) is 5.82 Å². The first-order valence-electron chi connectivity index (χ1n) is 7.95. The van der Waals surface area contributed by atoms with Crippen LogP contribution in [0, 0.1) is 5.82 Å². The predicted octanol–water partition coefficient (Wildman–Crippen LogP) is 2.79. The van der Waals surface area contributed by atoms with E-state index in [9.17, 15) is 9.18 Å². The van der Waals surface area contributed by atoms with Gasteiger partial charge in [-0.15, -0.1) is 0 Å². The van der Waals surface area contributed by atoms with E-state index in [1.807, 2.05) is 18.2 Å². The molecule has 24 heavy (non-hydrogen) atoms. The second-order valence-corrected chi connectivity index (χ2v) is 6.31. The standard InChI is InChI=1S/C19H18ClFN2O/c20-17-12-16(21)6-7-18(17)22-19(24)13-23-10-8-15(9-11-23)14-4-2-1-3-5-14/h1-8,12H,9-11,13H2,(H,22,24)/p+1. The third kappa shape index (κ3) is 4.22. The summed E-state index contributed by atoms with van der Waals surface area (Å²) in [6.45, 7) is 2.09. The van der Waals surface area contributed by atoms with Crippen LogP contribution in [0.4, 0.5) is 10.1 Å². The molecule has 2 aromatic rings. The highest BCUT2D eigenvalue weighted by Crippen LogP contribution is 2.22. The molecule has 1 atom stereocenters. The van der Waals surface area contributed by atoms with Crippen molar-refractivity contribution in [2.24, 2.45) is 0 Å². The highest BCUT2D eigenvalue weighted by atomic mass is 35.5. The Morgan fingerprint density at radius 3 is 2.67 bits per heavy atom. The normalized spacial score (nSPS) is 17.2. The Bertz CT molecular complexity index is 761. The van der Waals surface area contributed by atoms with Crippen molar-refractivity contribution < 1.29 is 14.1 Å². The molecule has 0 aliphatic carbocycles. The van der Waals surface area contributed by atoms with Gasteiger partial charge in [-0.2, -0.15) is 0 Å². The van der Waals surface area contributed by atoms with E-state index in [1.165, 1.54) is 34.2 Å². The number of nitrogens with one attached hydrogen (secondary N) is 2. The Morgan fingerprint density at radius 2 is 2.00 bits per heavy atom. The zero-order chi connectivity index (χ0) is 16.9. The van der Waals surface area contributed by atoms with E-state index in [-0.39, 0.29) is 10.9 Å². The maximum absolute atomic E-state index is 13.0. The molecular weight excluding hydrogens is 327 g/mol. The molecule has 2 aromatic carbocycles. The minimum absolute atomic E-state index is 0.116. The van der Waals surface area contributed by atoms with Crippen LogP contribution >= 0.6 is 11.6 Å². The average molecular weight is 346 g/mol. The van der Waals surface area contributed by atoms with Gasteiger partial charge in [0.25, 0.3) is 5.91 Å². The molecule has 1 unspecified atom stereocenters. The predicted molar refractivity (Wildman–Crippen MR) is 94.6 cm³/mol. The summed E-state index contributed by atoms with van der Waals surface area (Å²) in [5.41, 5.74) is 3.03. The van der Waals surface area contributed by atoms with Crippen molar-refractivity contribution >= 4 is 28.8 Å². The minimum Gasteiger partial charge on any atom is -0.324 e. The van der Waals surface area contributed by atoms with Gasteiger partial charge >= 0.3 is 0 Å². The fourth-order valence-electron chi connectivity index (χ4n) is 2.87. The molecule has 124 valence electrons. The van der Waals surface area contributed by atoms with E-state index in [4.69, 9.17) is 11.6 Å². The van der Waals surface area contributed by atoms with Crippen molar-refractivity contribution in [3.05, 3.63) is 71.0 Å². The maximum atomic E-state index is 13.0. The van der Waals surface area contributed by atoms with Gasteiger partial charge in [-0.05, 0) is 35.4 Å². The molecule has 0 aromatic heterocycles. The van der Waals surface area contributed by atoms with Crippen molar-refractivity contribution in [3.63, 3.8) is 0 Å². The van der Waals surface area contributed by atoms with Crippen LogP contribution in [-0.4, -0.2) is 25.5 Å². The third-order valence-corrected chi connectivity index (χ3v) is 4.46. The fourth-order valence-corrected chi connectivity index (χ4v) is 3.08. The first-order valence-corrected chi connectivity index (χ1v) is 8.32. The van der Waals surface area contributed by atoms with E-state index >= 15 is 0 Å². The minimum atomic E-state index is -0.418. The quantitative estimate of drug-likeness (QED) is 0.877. The molecular formula is C19H19ClFN2O+. The highest BCUT2D eigenvalue weighted by molar-refractivity contribution is 6.33. The van der Waals surface area contributed by atoms with E-state index < -0.39 is 5.82 Å². The van der Waals surface area contributed by atoms with Crippen LogP contribution in [0.5, 0.6) is 0 Å². The molecule has 2 N–H and O–H groups in total. The third-order valence-electron chi connectivity index (χ3n) is 4.15. The van der Waals surface area contributed by atoms with Gasteiger partial charge in [-0.25, -0.2) is 4.39 Å². The number of halogens is 2. The van der Waals surface area contributed by atoms with Crippen LogP contribution in [0.3, 0.4) is 0 Å². The van der Waals surface area contributed by atoms with Gasteiger partial charge in [-0.1, -0.05) is 41.9 Å². The van der Waals surface area contributed by atoms with Crippen LogP contribution in [0.15, 0.2) is 54.6 Å². The first-order chi connectivity index (χ1) is 11.6. The van der Waals surface area contributed by atoms with E-state index in [1.54, 1.807) is 0 Å². The topological polar surface area (TPSA) is 33.5 Å². The van der Waals surface area contributed by atoms with Crippen molar-refractivity contribution in [1.29, 1.82) is 0 Å². The molecule has 5 heteroatoms. The number of amides is 1. The number of quaternary nitrogens is 1. The number of rotatable bonds is 4. The number of hydrogen-bond acceptors (Lipinski definition) is 1. The lowest BCUT2D eigenvalue weighted by Gasteiger charge is -2.23. The van der Waals surface area contributed by atoms with Crippen molar-refractivity contribution in [2.45, 2.75) is 6.42 Å². The monoisotopic (exact) mass is 345 g/mol. The summed E-state index contributed by atoms with van der Waals surface area (Å²) < 4.78 is 13.0. The summed E-state index contributed by atoms with van der Waals surface area (Å²) in [5.74, 6) is -0.534. The van der Waals surface area contributed by atoms with E-state index in [0.717, 1.165) is 19.5 Å². The van der Waals surface area contributed by atoms with Crippen LogP contribution in [0.1, 0.15) is 12.0 Å². The second-order valence-electron chi connectivity index (χ2n) is 5.90. The molecule has 0 saturated heterocycles. The van der Waals surface area contributed by atoms with Gasteiger partial charge in [0.05, 0.1) is 23.8 Å². The van der Waals surface area contributed by atoms with Crippen molar-refractivity contribution in [1.82, 2.24) is 0 Å². The lowest BCUT2D eigenvalue weighted by molar-refractivity contribution is -0.886. The molecule has 1 amide bonds. The summed E-state index contributed by atoms with van der Waals surface area (Å²) in [4.78, 5) is 13.4. The Balaban J connectivity index is 1.56. The summed E-state index contributed by atoms with van der Waals surface area (Å²) in [5, 5.41) is 2.96. The average Bonchev–Trinajstić information content (AvgIpc) is 2.59. The van der Waals surface area contributed by atoms with Crippen LogP contribution < -0.4 is 10.2 Å². The Morgan fingerprint density at radius 1 is 1.21 bits per heavy atom. The number of hydrogen-bond donors (Lipinski definition) is 2. The zero-order valence-corrected chi connectivity index (χ0v) is 13.9. The molecule has 1 aliphatic heterocycles. The van der Waals surface area contributed by atoms with Gasteiger partial charge in [0, 0.05) is 6.42 Å². The number of anilines is 1. The number of benzene rings is 2. The van der Waals surface area contributed by atoms with Crippen LogP contribution in [0.2, 0.25) is 5.02 Å². The van der Waals surface area contributed by atoms with Crippen LogP contribution in [-0.2, 0) is 4.79 Å². The molecule has 1 aliphatic rings. The summed E-state index contributed by atoms with van der Waals surface area (Å²) >= 11 is 5.93. The number of carbonyl (C=O) groups excluding carboxylic acids is 1. The molecule has 0 bridgehead atoms. The Kier molecular flexibility index (Phi) is 5.28. The van der Waals surface area contributed by atoms with Gasteiger partial charge in [0.2, 0.25) is 0 Å². The van der Waals surface area contributed by atoms with Gasteiger partial charge < -0.3 is 10.2 Å². The summed E-state index contributed by atoms with van der Waals surface area (Å²) in [7, 11) is 0.